The minimum Gasteiger partial charge on any atom is -0.495 e. The zero-order valence-corrected chi connectivity index (χ0v) is 11.3. The van der Waals surface area contributed by atoms with E-state index < -0.39 is 19.1 Å². The highest BCUT2D eigenvalue weighted by molar-refractivity contribution is 6.54. The fourth-order valence-corrected chi connectivity index (χ4v) is 1.86. The Morgan fingerprint density at radius 1 is 1.15 bits per heavy atom. The van der Waals surface area contributed by atoms with E-state index >= 15 is 0 Å². The molecule has 0 spiro atoms. The van der Waals surface area contributed by atoms with Gasteiger partial charge in [-0.2, -0.15) is 0 Å². The lowest BCUT2D eigenvalue weighted by Gasteiger charge is -2.21. The molecule has 0 bridgehead atoms. The second-order valence-corrected chi connectivity index (χ2v) is 4.64. The van der Waals surface area contributed by atoms with Gasteiger partial charge in [-0.3, -0.25) is 14.5 Å². The third-order valence-corrected chi connectivity index (χ3v) is 2.78. The molecule has 0 radical (unpaired) electrons. The second kappa shape index (κ2) is 6.91. The Labute approximate surface area is 118 Å². The summed E-state index contributed by atoms with van der Waals surface area (Å²) in [5.74, 6) is 0.775. The molecule has 0 aromatic heterocycles. The molecule has 1 fully saturated rings. The molecular weight excluding hydrogens is 257 g/mol. The van der Waals surface area contributed by atoms with E-state index in [4.69, 9.17) is 9.31 Å². The van der Waals surface area contributed by atoms with E-state index in [2.05, 4.69) is 0 Å². The summed E-state index contributed by atoms with van der Waals surface area (Å²) in [6.45, 7) is 0.163. The Hall–Kier alpha value is -2.08. The molecule has 1 aliphatic heterocycles. The molecule has 0 N–H and O–H groups in total. The van der Waals surface area contributed by atoms with Gasteiger partial charge in [0.05, 0.1) is 13.1 Å². The fourth-order valence-electron chi connectivity index (χ4n) is 1.86. The van der Waals surface area contributed by atoms with Crippen LogP contribution in [0, 0.1) is 0 Å². The maximum absolute atomic E-state index is 11.5. The van der Waals surface area contributed by atoms with Gasteiger partial charge >= 0.3 is 19.1 Å². The zero-order valence-electron chi connectivity index (χ0n) is 11.3. The first-order valence-corrected chi connectivity index (χ1v) is 6.41. The number of likely N-dealkylation sites (N-methyl/N-ethyl adjacent to an activating group) is 1. The molecule has 0 saturated carbocycles. The quantitative estimate of drug-likeness (QED) is 0.764. The van der Waals surface area contributed by atoms with Crippen LogP contribution in [-0.4, -0.2) is 44.1 Å². The molecule has 0 atom stereocenters. The molecule has 0 unspecified atom stereocenters. The van der Waals surface area contributed by atoms with Crippen LogP contribution in [0.25, 0.3) is 0 Å². The number of allylic oxidation sites excluding steroid dienone is 1. The highest BCUT2D eigenvalue weighted by Gasteiger charge is 2.28. The normalized spacial score (nSPS) is 17.6. The van der Waals surface area contributed by atoms with E-state index in [9.17, 15) is 9.59 Å². The second-order valence-electron chi connectivity index (χ2n) is 4.64. The number of nitrogens with zero attached hydrogens (tertiary/aromatic N) is 1. The van der Waals surface area contributed by atoms with Crippen molar-refractivity contribution in [3.63, 3.8) is 0 Å². The van der Waals surface area contributed by atoms with Crippen LogP contribution in [-0.2, 0) is 25.3 Å². The Morgan fingerprint density at radius 2 is 1.75 bits per heavy atom. The molecule has 20 heavy (non-hydrogen) atoms. The molecule has 0 amide bonds. The lowest BCUT2D eigenvalue weighted by atomic mass is 9.88. The van der Waals surface area contributed by atoms with E-state index in [0.29, 0.717) is 6.42 Å². The molecule has 6 heteroatoms. The largest absolute Gasteiger partial charge is 0.628 e. The minimum atomic E-state index is -0.938. The van der Waals surface area contributed by atoms with E-state index in [1.807, 2.05) is 36.4 Å². The lowest BCUT2D eigenvalue weighted by molar-refractivity contribution is -0.145. The monoisotopic (exact) mass is 273 g/mol. The summed E-state index contributed by atoms with van der Waals surface area (Å²) in [6.07, 6.45) is 2.51. The Morgan fingerprint density at radius 3 is 2.35 bits per heavy atom. The molecule has 1 saturated heterocycles. The lowest BCUT2D eigenvalue weighted by Crippen LogP contribution is -2.41. The van der Waals surface area contributed by atoms with Crippen molar-refractivity contribution in [2.45, 2.75) is 6.42 Å². The predicted octanol–water partition coefficient (Wildman–Crippen LogP) is 0.844. The first-order valence-electron chi connectivity index (χ1n) is 6.41. The van der Waals surface area contributed by atoms with Crippen molar-refractivity contribution < 1.29 is 18.9 Å². The average Bonchev–Trinajstić information content (AvgIpc) is 2.37. The Kier molecular flexibility index (Phi) is 4.95. The molecule has 1 heterocycles. The number of hydrogen-bond donors (Lipinski definition) is 0. The van der Waals surface area contributed by atoms with Gasteiger partial charge < -0.3 is 9.31 Å². The summed E-state index contributed by atoms with van der Waals surface area (Å²) in [6, 6.07) is 9.84. The van der Waals surface area contributed by atoms with Crippen LogP contribution in [0.2, 0.25) is 0 Å². The van der Waals surface area contributed by atoms with Crippen molar-refractivity contribution in [1.82, 2.24) is 4.90 Å². The summed E-state index contributed by atoms with van der Waals surface area (Å²) in [4.78, 5) is 24.6. The van der Waals surface area contributed by atoms with Gasteiger partial charge in [0.15, 0.2) is 0 Å². The molecule has 1 aliphatic rings. The topological polar surface area (TPSA) is 55.8 Å². The van der Waals surface area contributed by atoms with Gasteiger partial charge in [-0.1, -0.05) is 36.4 Å². The van der Waals surface area contributed by atoms with Crippen LogP contribution in [0.4, 0.5) is 0 Å². The first kappa shape index (κ1) is 14.3. The number of rotatable bonds is 3. The third-order valence-electron chi connectivity index (χ3n) is 2.78. The summed E-state index contributed by atoms with van der Waals surface area (Å²) in [5, 5.41) is 0. The van der Waals surface area contributed by atoms with Crippen LogP contribution in [0.15, 0.2) is 42.4 Å². The van der Waals surface area contributed by atoms with Gasteiger partial charge in [0.1, 0.15) is 0 Å². The molecule has 5 nitrogen and oxygen atoms in total. The van der Waals surface area contributed by atoms with Crippen LogP contribution in [0.1, 0.15) is 5.56 Å². The van der Waals surface area contributed by atoms with E-state index in [0.717, 1.165) is 5.56 Å². The van der Waals surface area contributed by atoms with Crippen molar-refractivity contribution in [2.75, 3.05) is 20.1 Å². The Bertz CT molecular complexity index is 483. The standard InChI is InChI=1S/C14H16BNO4/c1-16-10-13(17)19-15(20-14(18)11-16)9-5-8-12-6-3-2-4-7-12/h2-7,9H,8,10-11H2,1H3/b9-5+. The van der Waals surface area contributed by atoms with E-state index in [-0.39, 0.29) is 13.1 Å². The number of carbonyl (C=O) groups excluding carboxylic acids is 2. The van der Waals surface area contributed by atoms with E-state index in [1.165, 1.54) is 0 Å². The summed E-state index contributed by atoms with van der Waals surface area (Å²) in [7, 11) is 0.723. The molecular formula is C14H16BNO4. The van der Waals surface area contributed by atoms with Crippen molar-refractivity contribution in [3.8, 4) is 0 Å². The van der Waals surface area contributed by atoms with Crippen molar-refractivity contribution >= 4 is 19.1 Å². The smallest absolute Gasteiger partial charge is 0.495 e. The maximum Gasteiger partial charge on any atom is 0.628 e. The summed E-state index contributed by atoms with van der Waals surface area (Å²) in [5.41, 5.74) is 1.13. The van der Waals surface area contributed by atoms with Gasteiger partial charge in [-0.25, -0.2) is 0 Å². The summed E-state index contributed by atoms with van der Waals surface area (Å²) >= 11 is 0. The number of benzene rings is 1. The average molecular weight is 273 g/mol. The zero-order chi connectivity index (χ0) is 14.4. The van der Waals surface area contributed by atoms with Crippen LogP contribution >= 0.6 is 0 Å². The van der Waals surface area contributed by atoms with E-state index in [1.54, 1.807) is 17.9 Å². The SMILES string of the molecule is CN1CC(=O)OB(/C=C/Cc2ccccc2)OC(=O)C1. The van der Waals surface area contributed by atoms with Gasteiger partial charge in [0, 0.05) is 0 Å². The van der Waals surface area contributed by atoms with Crippen molar-refractivity contribution in [2.24, 2.45) is 0 Å². The van der Waals surface area contributed by atoms with Crippen LogP contribution in [0.3, 0.4) is 0 Å². The van der Waals surface area contributed by atoms with Crippen molar-refractivity contribution in [3.05, 3.63) is 47.9 Å². The predicted molar refractivity (Wildman–Crippen MR) is 74.7 cm³/mol. The fraction of sp³-hybridized carbons (Fsp3) is 0.286. The molecule has 0 aliphatic carbocycles. The minimum absolute atomic E-state index is 0.0815. The number of carbonyl (C=O) groups is 2. The molecule has 1 aromatic carbocycles. The molecule has 104 valence electrons. The molecule has 2 rings (SSSR count). The van der Waals surface area contributed by atoms with Gasteiger partial charge in [0.2, 0.25) is 0 Å². The Balaban J connectivity index is 1.93. The van der Waals surface area contributed by atoms with Crippen molar-refractivity contribution in [1.29, 1.82) is 0 Å². The van der Waals surface area contributed by atoms with Gasteiger partial charge in [-0.15, -0.1) is 0 Å². The third kappa shape index (κ3) is 4.55. The summed E-state index contributed by atoms with van der Waals surface area (Å²) < 4.78 is 10.1. The van der Waals surface area contributed by atoms with Crippen LogP contribution in [0.5, 0.6) is 0 Å². The number of hydrogen-bond acceptors (Lipinski definition) is 5. The van der Waals surface area contributed by atoms with Crippen LogP contribution < -0.4 is 0 Å². The molecule has 1 aromatic rings. The maximum atomic E-state index is 11.5. The van der Waals surface area contributed by atoms with Gasteiger partial charge in [0.25, 0.3) is 0 Å². The highest BCUT2D eigenvalue weighted by Crippen LogP contribution is 2.04. The first-order chi connectivity index (χ1) is 9.63. The van der Waals surface area contributed by atoms with Gasteiger partial charge in [-0.05, 0) is 25.0 Å². The highest BCUT2D eigenvalue weighted by atomic mass is 16.6.